The highest BCUT2D eigenvalue weighted by molar-refractivity contribution is 5.93. The van der Waals surface area contributed by atoms with Gasteiger partial charge in [-0.05, 0) is 37.2 Å². The fraction of sp³-hybridized carbons (Fsp3) is 0.533. The maximum atomic E-state index is 11.5. The van der Waals surface area contributed by atoms with Crippen molar-refractivity contribution in [2.75, 3.05) is 31.6 Å². The van der Waals surface area contributed by atoms with Crippen LogP contribution in [0.2, 0.25) is 0 Å². The minimum Gasteiger partial charge on any atom is -0.459 e. The lowest BCUT2D eigenvalue weighted by Gasteiger charge is -2.19. The van der Waals surface area contributed by atoms with Gasteiger partial charge in [-0.1, -0.05) is 0 Å². The Bertz CT molecular complexity index is 769. The fourth-order valence-corrected chi connectivity index (χ4v) is 2.15. The molecular formula is C15H22N6O5. The predicted molar refractivity (Wildman–Crippen MR) is 93.7 cm³/mol. The second kappa shape index (κ2) is 8.54. The lowest BCUT2D eigenvalue weighted by Crippen LogP contribution is -2.37. The van der Waals surface area contributed by atoms with Gasteiger partial charge in [0.25, 0.3) is 0 Å². The van der Waals surface area contributed by atoms with Crippen molar-refractivity contribution in [2.24, 2.45) is 0 Å². The van der Waals surface area contributed by atoms with Crippen LogP contribution in [0.25, 0.3) is 11.0 Å². The smallest absolute Gasteiger partial charge is 0.320 e. The fourth-order valence-electron chi connectivity index (χ4n) is 2.15. The molecule has 0 saturated heterocycles. The summed E-state index contributed by atoms with van der Waals surface area (Å²) in [5.74, 6) is -0.316. The molecule has 0 spiro atoms. The maximum absolute atomic E-state index is 11.5. The number of non-ortho nitro benzene ring substituents is 1. The van der Waals surface area contributed by atoms with E-state index in [1.165, 1.54) is 6.07 Å². The number of esters is 1. The third kappa shape index (κ3) is 5.63. The number of benzene rings is 1. The second-order valence-corrected chi connectivity index (χ2v) is 6.47. The van der Waals surface area contributed by atoms with E-state index in [0.717, 1.165) is 0 Å². The SMILES string of the molecule is CC(C)(C)OC(=O)CNCNCCNc1ccc([N+](=O)[O-])c2nonc12. The molecule has 0 aliphatic rings. The summed E-state index contributed by atoms with van der Waals surface area (Å²) in [7, 11) is 0. The van der Waals surface area contributed by atoms with Gasteiger partial charge in [-0.3, -0.25) is 20.2 Å². The standard InChI is InChI=1S/C15H22N6O5/c1-15(2,3)25-12(22)8-17-9-16-6-7-18-10-4-5-11(21(23)24)14-13(10)19-26-20-14/h4-5,16-18H,6-9H2,1-3H3. The van der Waals surface area contributed by atoms with Crippen molar-refractivity contribution >= 4 is 28.4 Å². The Morgan fingerprint density at radius 1 is 1.23 bits per heavy atom. The van der Waals surface area contributed by atoms with Gasteiger partial charge in [0.05, 0.1) is 17.2 Å². The summed E-state index contributed by atoms with van der Waals surface area (Å²) in [6, 6.07) is 2.91. The van der Waals surface area contributed by atoms with E-state index in [2.05, 4.69) is 30.9 Å². The van der Waals surface area contributed by atoms with Crippen LogP contribution >= 0.6 is 0 Å². The van der Waals surface area contributed by atoms with E-state index in [1.807, 2.05) is 20.8 Å². The van der Waals surface area contributed by atoms with E-state index in [-0.39, 0.29) is 23.7 Å². The largest absolute Gasteiger partial charge is 0.459 e. The average Bonchev–Trinajstić information content (AvgIpc) is 3.01. The third-order valence-corrected chi connectivity index (χ3v) is 3.15. The number of rotatable bonds is 9. The molecule has 0 radical (unpaired) electrons. The van der Waals surface area contributed by atoms with E-state index in [0.29, 0.717) is 31.0 Å². The number of nitro benzene ring substituents is 1. The van der Waals surface area contributed by atoms with Crippen molar-refractivity contribution in [3.8, 4) is 0 Å². The number of hydrogen-bond acceptors (Lipinski definition) is 10. The Kier molecular flexibility index (Phi) is 6.41. The second-order valence-electron chi connectivity index (χ2n) is 6.47. The summed E-state index contributed by atoms with van der Waals surface area (Å²) < 4.78 is 9.77. The molecule has 0 fully saturated rings. The van der Waals surface area contributed by atoms with Crippen molar-refractivity contribution in [1.29, 1.82) is 0 Å². The number of hydrogen-bond donors (Lipinski definition) is 3. The molecular weight excluding hydrogens is 344 g/mol. The van der Waals surface area contributed by atoms with E-state index in [1.54, 1.807) is 6.07 Å². The molecule has 11 heteroatoms. The van der Waals surface area contributed by atoms with Gasteiger partial charge in [-0.2, -0.15) is 0 Å². The summed E-state index contributed by atoms with van der Waals surface area (Å²) in [4.78, 5) is 21.9. The molecule has 1 heterocycles. The molecule has 0 aliphatic carbocycles. The Balaban J connectivity index is 1.70. The number of fused-ring (bicyclic) bond motifs is 1. The monoisotopic (exact) mass is 366 g/mol. The first kappa shape index (κ1) is 19.5. The van der Waals surface area contributed by atoms with E-state index in [9.17, 15) is 14.9 Å². The molecule has 2 rings (SSSR count). The highest BCUT2D eigenvalue weighted by Crippen LogP contribution is 2.28. The topological polar surface area (TPSA) is 144 Å². The molecule has 3 N–H and O–H groups in total. The number of anilines is 1. The molecule has 1 aromatic carbocycles. The van der Waals surface area contributed by atoms with Gasteiger partial charge < -0.3 is 15.4 Å². The Morgan fingerprint density at radius 2 is 1.96 bits per heavy atom. The maximum Gasteiger partial charge on any atom is 0.320 e. The minimum atomic E-state index is -0.534. The van der Waals surface area contributed by atoms with Crippen LogP contribution in [0, 0.1) is 10.1 Å². The molecule has 1 aromatic heterocycles. The van der Waals surface area contributed by atoms with Crippen molar-refractivity contribution in [3.63, 3.8) is 0 Å². The van der Waals surface area contributed by atoms with E-state index in [4.69, 9.17) is 4.74 Å². The summed E-state index contributed by atoms with van der Waals surface area (Å²) in [6.45, 7) is 7.11. The first-order valence-electron chi connectivity index (χ1n) is 8.05. The zero-order valence-electron chi connectivity index (χ0n) is 14.9. The highest BCUT2D eigenvalue weighted by Gasteiger charge is 2.19. The van der Waals surface area contributed by atoms with Gasteiger partial charge in [0.2, 0.25) is 5.52 Å². The molecule has 26 heavy (non-hydrogen) atoms. The van der Waals surface area contributed by atoms with Gasteiger partial charge in [-0.15, -0.1) is 0 Å². The molecule has 0 bridgehead atoms. The third-order valence-electron chi connectivity index (χ3n) is 3.15. The van der Waals surface area contributed by atoms with Crippen LogP contribution in [-0.2, 0) is 9.53 Å². The molecule has 0 saturated carbocycles. The molecule has 0 atom stereocenters. The van der Waals surface area contributed by atoms with Gasteiger partial charge in [0.1, 0.15) is 5.60 Å². The van der Waals surface area contributed by atoms with Gasteiger partial charge in [0, 0.05) is 25.8 Å². The normalized spacial score (nSPS) is 11.5. The number of nitro groups is 1. The number of nitrogens with one attached hydrogen (secondary N) is 3. The van der Waals surface area contributed by atoms with E-state index < -0.39 is 10.5 Å². The summed E-state index contributed by atoms with van der Waals surface area (Å²) >= 11 is 0. The van der Waals surface area contributed by atoms with Gasteiger partial charge >= 0.3 is 11.7 Å². The highest BCUT2D eigenvalue weighted by atomic mass is 16.6. The lowest BCUT2D eigenvalue weighted by molar-refractivity contribution is -0.383. The van der Waals surface area contributed by atoms with Crippen molar-refractivity contribution < 1.29 is 19.1 Å². The van der Waals surface area contributed by atoms with Crippen LogP contribution in [0.15, 0.2) is 16.8 Å². The molecule has 0 aliphatic heterocycles. The quantitative estimate of drug-likeness (QED) is 0.193. The number of carbonyl (C=O) groups excluding carboxylic acids is 1. The first-order chi connectivity index (χ1) is 12.3. The van der Waals surface area contributed by atoms with Crippen LogP contribution < -0.4 is 16.0 Å². The predicted octanol–water partition coefficient (Wildman–Crippen LogP) is 1.02. The summed E-state index contributed by atoms with van der Waals surface area (Å²) in [5, 5.41) is 27.3. The zero-order valence-corrected chi connectivity index (χ0v) is 14.9. The van der Waals surface area contributed by atoms with Crippen molar-refractivity contribution in [3.05, 3.63) is 22.2 Å². The average molecular weight is 366 g/mol. The van der Waals surface area contributed by atoms with Crippen molar-refractivity contribution in [1.82, 2.24) is 20.9 Å². The van der Waals surface area contributed by atoms with Gasteiger partial charge in [0.15, 0.2) is 5.52 Å². The molecule has 11 nitrogen and oxygen atoms in total. The lowest BCUT2D eigenvalue weighted by atomic mass is 10.2. The van der Waals surface area contributed by atoms with Crippen LogP contribution in [0.1, 0.15) is 20.8 Å². The van der Waals surface area contributed by atoms with Gasteiger partial charge in [-0.25, -0.2) is 4.63 Å². The first-order valence-corrected chi connectivity index (χ1v) is 8.05. The zero-order chi connectivity index (χ0) is 19.2. The Hall–Kier alpha value is -2.79. The number of nitrogens with zero attached hydrogens (tertiary/aromatic N) is 3. The van der Waals surface area contributed by atoms with Crippen LogP contribution in [0.3, 0.4) is 0 Å². The van der Waals surface area contributed by atoms with Crippen LogP contribution in [0.4, 0.5) is 11.4 Å². The van der Waals surface area contributed by atoms with E-state index >= 15 is 0 Å². The van der Waals surface area contributed by atoms with Crippen molar-refractivity contribution in [2.45, 2.75) is 26.4 Å². The Labute approximate surface area is 149 Å². The minimum absolute atomic E-state index is 0.104. The Morgan fingerprint density at radius 3 is 2.65 bits per heavy atom. The summed E-state index contributed by atoms with van der Waals surface area (Å²) in [6.07, 6.45) is 0. The summed E-state index contributed by atoms with van der Waals surface area (Å²) in [5.41, 5.74) is 0.350. The van der Waals surface area contributed by atoms with Crippen LogP contribution in [0.5, 0.6) is 0 Å². The number of aromatic nitrogens is 2. The molecule has 0 unspecified atom stereocenters. The molecule has 2 aromatic rings. The van der Waals surface area contributed by atoms with Crippen LogP contribution in [-0.4, -0.2) is 53.1 Å². The number of ether oxygens (including phenoxy) is 1. The molecule has 142 valence electrons. The molecule has 0 amide bonds. The number of carbonyl (C=O) groups is 1.